The quantitative estimate of drug-likeness (QED) is 0.531. The van der Waals surface area contributed by atoms with Gasteiger partial charge in [-0.2, -0.15) is 0 Å². The Balaban J connectivity index is 2.23. The summed E-state index contributed by atoms with van der Waals surface area (Å²) in [6, 6.07) is 8.96. The third kappa shape index (κ3) is 3.20. The first kappa shape index (κ1) is 14.6. The lowest BCUT2D eigenvalue weighted by Gasteiger charge is -2.09. The molecule has 0 saturated carbocycles. The molecule has 2 rings (SSSR count). The Morgan fingerprint density at radius 2 is 1.90 bits per heavy atom. The normalized spacial score (nSPS) is 10.0. The molecule has 0 fully saturated rings. The van der Waals surface area contributed by atoms with Crippen LogP contribution in [0, 0.1) is 6.92 Å². The lowest BCUT2D eigenvalue weighted by atomic mass is 10.1. The number of rotatable bonds is 4. The zero-order chi connectivity index (χ0) is 15.4. The maximum atomic E-state index is 12.1. The van der Waals surface area contributed by atoms with Gasteiger partial charge in [0.15, 0.2) is 11.5 Å². The summed E-state index contributed by atoms with van der Waals surface area (Å²) in [5.41, 5.74) is 1.45. The van der Waals surface area contributed by atoms with Crippen molar-refractivity contribution in [3.8, 4) is 17.2 Å². The molecule has 0 saturated heterocycles. The minimum atomic E-state index is -0.574. The van der Waals surface area contributed by atoms with Crippen molar-refractivity contribution in [1.82, 2.24) is 0 Å². The molecule has 2 aromatic carbocycles. The van der Waals surface area contributed by atoms with Crippen molar-refractivity contribution >= 4 is 12.3 Å². The summed E-state index contributed by atoms with van der Waals surface area (Å²) in [5.74, 6) is -0.0639. The number of hydrogen-bond acceptors (Lipinski definition) is 5. The van der Waals surface area contributed by atoms with Crippen LogP contribution in [-0.4, -0.2) is 24.5 Å². The van der Waals surface area contributed by atoms with Gasteiger partial charge in [-0.1, -0.05) is 0 Å². The van der Waals surface area contributed by atoms with E-state index in [1.807, 2.05) is 0 Å². The van der Waals surface area contributed by atoms with E-state index in [-0.39, 0.29) is 17.1 Å². The predicted molar refractivity (Wildman–Crippen MR) is 76.2 cm³/mol. The number of methoxy groups -OCH3 is 1. The van der Waals surface area contributed by atoms with Crippen molar-refractivity contribution in [2.75, 3.05) is 7.11 Å². The van der Waals surface area contributed by atoms with Gasteiger partial charge in [0.25, 0.3) is 0 Å². The van der Waals surface area contributed by atoms with Crippen LogP contribution in [-0.2, 0) is 0 Å². The molecule has 1 N–H and O–H groups in total. The van der Waals surface area contributed by atoms with E-state index in [9.17, 15) is 14.7 Å². The highest BCUT2D eigenvalue weighted by atomic mass is 16.5. The maximum absolute atomic E-state index is 12.1. The zero-order valence-corrected chi connectivity index (χ0v) is 11.6. The van der Waals surface area contributed by atoms with Crippen LogP contribution in [0.15, 0.2) is 36.4 Å². The first-order chi connectivity index (χ1) is 10.0. The van der Waals surface area contributed by atoms with E-state index in [4.69, 9.17) is 9.47 Å². The SMILES string of the molecule is COc1cc(C(=O)Oc2ccc(C=O)cc2C)ccc1O. The van der Waals surface area contributed by atoms with Crippen LogP contribution in [0.2, 0.25) is 0 Å². The van der Waals surface area contributed by atoms with Crippen molar-refractivity contribution in [2.24, 2.45) is 0 Å². The van der Waals surface area contributed by atoms with Gasteiger partial charge in [-0.3, -0.25) is 4.79 Å². The Hall–Kier alpha value is -2.82. The number of phenols is 1. The van der Waals surface area contributed by atoms with Crippen LogP contribution in [0.4, 0.5) is 0 Å². The fourth-order valence-corrected chi connectivity index (χ4v) is 1.82. The molecule has 21 heavy (non-hydrogen) atoms. The summed E-state index contributed by atoms with van der Waals surface area (Å²) in [4.78, 5) is 22.7. The molecule has 0 aromatic heterocycles. The van der Waals surface area contributed by atoms with Gasteiger partial charge in [0.1, 0.15) is 12.0 Å². The summed E-state index contributed by atoms with van der Waals surface area (Å²) >= 11 is 0. The summed E-state index contributed by atoms with van der Waals surface area (Å²) in [5, 5.41) is 9.50. The van der Waals surface area contributed by atoms with Gasteiger partial charge in [0, 0.05) is 5.56 Å². The molecule has 5 heteroatoms. The topological polar surface area (TPSA) is 72.8 Å². The van der Waals surface area contributed by atoms with Gasteiger partial charge in [0.2, 0.25) is 0 Å². The lowest BCUT2D eigenvalue weighted by molar-refractivity contribution is 0.0733. The fourth-order valence-electron chi connectivity index (χ4n) is 1.82. The third-order valence-electron chi connectivity index (χ3n) is 2.95. The molecule has 0 atom stereocenters. The summed E-state index contributed by atoms with van der Waals surface area (Å²) in [6.45, 7) is 1.74. The van der Waals surface area contributed by atoms with Gasteiger partial charge in [0.05, 0.1) is 12.7 Å². The van der Waals surface area contributed by atoms with Crippen molar-refractivity contribution in [3.63, 3.8) is 0 Å². The Morgan fingerprint density at radius 1 is 1.14 bits per heavy atom. The smallest absolute Gasteiger partial charge is 0.343 e. The second-order valence-corrected chi connectivity index (χ2v) is 4.42. The van der Waals surface area contributed by atoms with Gasteiger partial charge >= 0.3 is 5.97 Å². The second kappa shape index (κ2) is 6.09. The average Bonchev–Trinajstić information content (AvgIpc) is 2.49. The monoisotopic (exact) mass is 286 g/mol. The number of benzene rings is 2. The average molecular weight is 286 g/mol. The van der Waals surface area contributed by atoms with Crippen LogP contribution in [0.1, 0.15) is 26.3 Å². The molecule has 0 heterocycles. The molecule has 0 unspecified atom stereocenters. The van der Waals surface area contributed by atoms with Crippen molar-refractivity contribution < 1.29 is 24.2 Å². The minimum absolute atomic E-state index is 0.0550. The van der Waals surface area contributed by atoms with Crippen molar-refractivity contribution in [1.29, 1.82) is 0 Å². The molecule has 0 aliphatic heterocycles. The largest absolute Gasteiger partial charge is 0.504 e. The molecule has 0 spiro atoms. The Kier molecular flexibility index (Phi) is 4.23. The van der Waals surface area contributed by atoms with E-state index in [0.717, 1.165) is 6.29 Å². The van der Waals surface area contributed by atoms with Crippen molar-refractivity contribution in [2.45, 2.75) is 6.92 Å². The van der Waals surface area contributed by atoms with Gasteiger partial charge in [-0.15, -0.1) is 0 Å². The first-order valence-electron chi connectivity index (χ1n) is 6.20. The minimum Gasteiger partial charge on any atom is -0.504 e. The zero-order valence-electron chi connectivity index (χ0n) is 11.6. The molecule has 5 nitrogen and oxygen atoms in total. The van der Waals surface area contributed by atoms with Crippen molar-refractivity contribution in [3.05, 3.63) is 53.1 Å². The highest BCUT2D eigenvalue weighted by molar-refractivity contribution is 5.92. The number of esters is 1. The first-order valence-corrected chi connectivity index (χ1v) is 6.20. The number of carbonyl (C=O) groups excluding carboxylic acids is 2. The molecule has 108 valence electrons. The van der Waals surface area contributed by atoms with Gasteiger partial charge < -0.3 is 14.6 Å². The Morgan fingerprint density at radius 3 is 2.52 bits per heavy atom. The number of hydrogen-bond donors (Lipinski definition) is 1. The van der Waals surface area contributed by atoms with Crippen LogP contribution in [0.25, 0.3) is 0 Å². The molecule has 0 aliphatic carbocycles. The number of phenolic OH excluding ortho intramolecular Hbond substituents is 1. The van der Waals surface area contributed by atoms with Crippen LogP contribution in [0.3, 0.4) is 0 Å². The molecular weight excluding hydrogens is 272 g/mol. The molecule has 0 aliphatic rings. The van der Waals surface area contributed by atoms with Gasteiger partial charge in [-0.05, 0) is 48.9 Å². The number of aryl methyl sites for hydroxylation is 1. The second-order valence-electron chi connectivity index (χ2n) is 4.42. The summed E-state index contributed by atoms with van der Waals surface area (Å²) in [6.07, 6.45) is 0.726. The predicted octanol–water partition coefficient (Wildman–Crippen LogP) is 2.74. The molecule has 0 amide bonds. The maximum Gasteiger partial charge on any atom is 0.343 e. The highest BCUT2D eigenvalue weighted by Gasteiger charge is 2.13. The van der Waals surface area contributed by atoms with E-state index in [1.165, 1.54) is 25.3 Å². The van der Waals surface area contributed by atoms with E-state index in [2.05, 4.69) is 0 Å². The number of ether oxygens (including phenoxy) is 2. The van der Waals surface area contributed by atoms with Crippen LogP contribution >= 0.6 is 0 Å². The van der Waals surface area contributed by atoms with Gasteiger partial charge in [-0.25, -0.2) is 4.79 Å². The number of aromatic hydroxyl groups is 1. The fraction of sp³-hybridized carbons (Fsp3) is 0.125. The van der Waals surface area contributed by atoms with Crippen LogP contribution < -0.4 is 9.47 Å². The van der Waals surface area contributed by atoms with Crippen LogP contribution in [0.5, 0.6) is 17.2 Å². The third-order valence-corrected chi connectivity index (χ3v) is 2.95. The van der Waals surface area contributed by atoms with E-state index < -0.39 is 5.97 Å². The Bertz CT molecular complexity index is 691. The van der Waals surface area contributed by atoms with E-state index in [0.29, 0.717) is 16.9 Å². The number of aldehydes is 1. The van der Waals surface area contributed by atoms with E-state index in [1.54, 1.807) is 25.1 Å². The molecule has 0 radical (unpaired) electrons. The molecule has 2 aromatic rings. The lowest BCUT2D eigenvalue weighted by Crippen LogP contribution is -2.09. The summed E-state index contributed by atoms with van der Waals surface area (Å²) in [7, 11) is 1.40. The molecular formula is C16H14O5. The highest BCUT2D eigenvalue weighted by Crippen LogP contribution is 2.27. The van der Waals surface area contributed by atoms with E-state index >= 15 is 0 Å². The summed E-state index contributed by atoms with van der Waals surface area (Å²) < 4.78 is 10.2. The standard InChI is InChI=1S/C16H14O5/c1-10-7-11(9-17)3-6-14(10)21-16(19)12-4-5-13(18)15(8-12)20-2/h3-9,18H,1-2H3. The Labute approximate surface area is 121 Å². The molecule has 0 bridgehead atoms. The number of carbonyl (C=O) groups is 2.